The van der Waals surface area contributed by atoms with E-state index in [9.17, 15) is 0 Å². The number of anilines is 1. The number of rotatable bonds is 3. The second-order valence-corrected chi connectivity index (χ2v) is 5.86. The van der Waals surface area contributed by atoms with Gasteiger partial charge in [-0.2, -0.15) is 0 Å². The highest BCUT2D eigenvalue weighted by Crippen LogP contribution is 2.27. The molecular weight excluding hydrogens is 310 g/mol. The van der Waals surface area contributed by atoms with Crippen molar-refractivity contribution < 1.29 is 0 Å². The maximum atomic E-state index is 3.56. The van der Waals surface area contributed by atoms with Gasteiger partial charge in [-0.15, -0.1) is 0 Å². The SMILES string of the molecule is CC(Nc1cccc(Br)c1)c1cccc2ccccc12. The molecule has 20 heavy (non-hydrogen) atoms. The molecule has 100 valence electrons. The molecule has 2 heteroatoms. The highest BCUT2D eigenvalue weighted by atomic mass is 79.9. The van der Waals surface area contributed by atoms with Crippen molar-refractivity contribution in [1.82, 2.24) is 0 Å². The lowest BCUT2D eigenvalue weighted by Crippen LogP contribution is -2.07. The van der Waals surface area contributed by atoms with E-state index in [1.54, 1.807) is 0 Å². The number of hydrogen-bond donors (Lipinski definition) is 1. The predicted octanol–water partition coefficient (Wildman–Crippen LogP) is 5.78. The lowest BCUT2D eigenvalue weighted by atomic mass is 9.99. The normalized spacial score (nSPS) is 12.3. The van der Waals surface area contributed by atoms with Crippen LogP contribution in [0, 0.1) is 0 Å². The Morgan fingerprint density at radius 1 is 0.900 bits per heavy atom. The van der Waals surface area contributed by atoms with E-state index in [1.165, 1.54) is 16.3 Å². The smallest absolute Gasteiger partial charge is 0.0491 e. The number of nitrogens with one attached hydrogen (secondary N) is 1. The van der Waals surface area contributed by atoms with Crippen molar-refractivity contribution in [2.75, 3.05) is 5.32 Å². The van der Waals surface area contributed by atoms with Crippen LogP contribution in [0.4, 0.5) is 5.69 Å². The van der Waals surface area contributed by atoms with E-state index in [1.807, 2.05) is 12.1 Å². The van der Waals surface area contributed by atoms with Crippen LogP contribution in [0.1, 0.15) is 18.5 Å². The highest BCUT2D eigenvalue weighted by Gasteiger charge is 2.08. The summed E-state index contributed by atoms with van der Waals surface area (Å²) in [5, 5.41) is 6.16. The van der Waals surface area contributed by atoms with Gasteiger partial charge < -0.3 is 5.32 Å². The van der Waals surface area contributed by atoms with E-state index in [4.69, 9.17) is 0 Å². The van der Waals surface area contributed by atoms with Crippen LogP contribution in [-0.4, -0.2) is 0 Å². The minimum atomic E-state index is 0.260. The third kappa shape index (κ3) is 2.70. The zero-order valence-corrected chi connectivity index (χ0v) is 12.9. The van der Waals surface area contributed by atoms with Crippen molar-refractivity contribution in [2.24, 2.45) is 0 Å². The summed E-state index contributed by atoms with van der Waals surface area (Å²) >= 11 is 3.51. The summed E-state index contributed by atoms with van der Waals surface area (Å²) in [7, 11) is 0. The molecule has 1 nitrogen and oxygen atoms in total. The second kappa shape index (κ2) is 5.68. The molecule has 0 saturated heterocycles. The van der Waals surface area contributed by atoms with Gasteiger partial charge in [0.25, 0.3) is 0 Å². The van der Waals surface area contributed by atoms with E-state index in [0.717, 1.165) is 10.2 Å². The molecule has 0 amide bonds. The third-order valence-electron chi connectivity index (χ3n) is 3.50. The van der Waals surface area contributed by atoms with Gasteiger partial charge in [0.2, 0.25) is 0 Å². The minimum Gasteiger partial charge on any atom is -0.378 e. The van der Waals surface area contributed by atoms with E-state index in [2.05, 4.69) is 82.8 Å². The van der Waals surface area contributed by atoms with Crippen LogP contribution >= 0.6 is 15.9 Å². The molecule has 1 N–H and O–H groups in total. The molecule has 0 spiro atoms. The van der Waals surface area contributed by atoms with Gasteiger partial charge in [-0.1, -0.05) is 64.5 Å². The second-order valence-electron chi connectivity index (χ2n) is 4.94. The number of benzene rings is 3. The van der Waals surface area contributed by atoms with Gasteiger partial charge in [0.1, 0.15) is 0 Å². The molecule has 3 rings (SSSR count). The van der Waals surface area contributed by atoms with E-state index < -0.39 is 0 Å². The molecule has 0 aliphatic carbocycles. The van der Waals surface area contributed by atoms with E-state index in [-0.39, 0.29) is 6.04 Å². The predicted molar refractivity (Wildman–Crippen MR) is 90.1 cm³/mol. The van der Waals surface area contributed by atoms with Gasteiger partial charge in [0.15, 0.2) is 0 Å². The largest absolute Gasteiger partial charge is 0.378 e. The van der Waals surface area contributed by atoms with Gasteiger partial charge in [-0.25, -0.2) is 0 Å². The van der Waals surface area contributed by atoms with Crippen LogP contribution in [0.5, 0.6) is 0 Å². The molecule has 0 radical (unpaired) electrons. The van der Waals surface area contributed by atoms with E-state index >= 15 is 0 Å². The summed E-state index contributed by atoms with van der Waals surface area (Å²) in [5.41, 5.74) is 2.45. The summed E-state index contributed by atoms with van der Waals surface area (Å²) in [4.78, 5) is 0. The summed E-state index contributed by atoms with van der Waals surface area (Å²) < 4.78 is 1.09. The van der Waals surface area contributed by atoms with Gasteiger partial charge in [0, 0.05) is 16.2 Å². The van der Waals surface area contributed by atoms with Crippen molar-refractivity contribution in [3.05, 3.63) is 76.8 Å². The molecule has 0 aromatic heterocycles. The summed E-state index contributed by atoms with van der Waals surface area (Å²) in [6, 6.07) is 23.5. The summed E-state index contributed by atoms with van der Waals surface area (Å²) in [6.45, 7) is 2.20. The average Bonchev–Trinajstić information content (AvgIpc) is 2.46. The van der Waals surface area contributed by atoms with Crippen LogP contribution in [0.3, 0.4) is 0 Å². The van der Waals surface area contributed by atoms with Crippen LogP contribution < -0.4 is 5.32 Å². The third-order valence-corrected chi connectivity index (χ3v) is 3.99. The first-order valence-corrected chi connectivity index (χ1v) is 7.53. The first-order chi connectivity index (χ1) is 9.74. The fourth-order valence-electron chi connectivity index (χ4n) is 2.53. The Morgan fingerprint density at radius 2 is 1.65 bits per heavy atom. The number of halogens is 1. The Hall–Kier alpha value is -1.80. The van der Waals surface area contributed by atoms with Crippen LogP contribution in [0.25, 0.3) is 10.8 Å². The van der Waals surface area contributed by atoms with Gasteiger partial charge in [-0.05, 0) is 41.5 Å². The molecule has 0 aliphatic rings. The molecule has 3 aromatic carbocycles. The van der Waals surface area contributed by atoms with Crippen LogP contribution in [0.15, 0.2) is 71.2 Å². The van der Waals surface area contributed by atoms with Crippen molar-refractivity contribution >= 4 is 32.4 Å². The van der Waals surface area contributed by atoms with Crippen molar-refractivity contribution in [3.8, 4) is 0 Å². The zero-order valence-electron chi connectivity index (χ0n) is 11.3. The maximum absolute atomic E-state index is 3.56. The van der Waals surface area contributed by atoms with Crippen molar-refractivity contribution in [1.29, 1.82) is 0 Å². The Bertz CT molecular complexity index is 731. The van der Waals surface area contributed by atoms with Gasteiger partial charge >= 0.3 is 0 Å². The first kappa shape index (κ1) is 13.2. The van der Waals surface area contributed by atoms with Crippen LogP contribution in [0.2, 0.25) is 0 Å². The maximum Gasteiger partial charge on any atom is 0.0491 e. The quantitative estimate of drug-likeness (QED) is 0.644. The molecular formula is C18H16BrN. The Morgan fingerprint density at radius 3 is 2.50 bits per heavy atom. The van der Waals surface area contributed by atoms with Gasteiger partial charge in [-0.3, -0.25) is 0 Å². The molecule has 1 atom stereocenters. The monoisotopic (exact) mass is 325 g/mol. The zero-order chi connectivity index (χ0) is 13.9. The molecule has 3 aromatic rings. The highest BCUT2D eigenvalue weighted by molar-refractivity contribution is 9.10. The Kier molecular flexibility index (Phi) is 3.75. The minimum absolute atomic E-state index is 0.260. The molecule has 0 heterocycles. The average molecular weight is 326 g/mol. The lowest BCUT2D eigenvalue weighted by molar-refractivity contribution is 0.894. The van der Waals surface area contributed by atoms with E-state index in [0.29, 0.717) is 0 Å². The Balaban J connectivity index is 1.94. The van der Waals surface area contributed by atoms with Crippen molar-refractivity contribution in [2.45, 2.75) is 13.0 Å². The summed E-state index contributed by atoms with van der Waals surface area (Å²) in [5.74, 6) is 0. The fraction of sp³-hybridized carbons (Fsp3) is 0.111. The standard InChI is InChI=1S/C18H16BrN/c1-13(20-16-9-5-8-15(19)12-16)17-11-4-7-14-6-2-3-10-18(14)17/h2-13,20H,1H3. The van der Waals surface area contributed by atoms with Crippen LogP contribution in [-0.2, 0) is 0 Å². The molecule has 0 fully saturated rings. The molecule has 0 bridgehead atoms. The topological polar surface area (TPSA) is 12.0 Å². The van der Waals surface area contributed by atoms with Crippen molar-refractivity contribution in [3.63, 3.8) is 0 Å². The molecule has 0 saturated carbocycles. The first-order valence-electron chi connectivity index (χ1n) is 6.74. The van der Waals surface area contributed by atoms with Gasteiger partial charge in [0.05, 0.1) is 0 Å². The molecule has 0 aliphatic heterocycles. The Labute approximate surface area is 127 Å². The fourth-order valence-corrected chi connectivity index (χ4v) is 2.93. The number of fused-ring (bicyclic) bond motifs is 1. The summed E-state index contributed by atoms with van der Waals surface area (Å²) in [6.07, 6.45) is 0. The molecule has 1 unspecified atom stereocenters. The lowest BCUT2D eigenvalue weighted by Gasteiger charge is -2.18. The number of hydrogen-bond acceptors (Lipinski definition) is 1.